The highest BCUT2D eigenvalue weighted by atomic mass is 35.5. The van der Waals surface area contributed by atoms with Crippen LogP contribution in [0.2, 0.25) is 5.02 Å². The lowest BCUT2D eigenvalue weighted by molar-refractivity contribution is -0.137. The fourth-order valence-corrected chi connectivity index (χ4v) is 4.97. The molecule has 1 aliphatic heterocycles. The zero-order valence-corrected chi connectivity index (χ0v) is 22.8. The summed E-state index contributed by atoms with van der Waals surface area (Å²) in [5.74, 6) is 0.0967. The second-order valence-corrected chi connectivity index (χ2v) is 9.97. The number of nitrogens with zero attached hydrogens (tertiary/aromatic N) is 4. The van der Waals surface area contributed by atoms with E-state index in [1.807, 2.05) is 0 Å². The minimum atomic E-state index is -4.56. The van der Waals surface area contributed by atoms with Crippen molar-refractivity contribution in [3.8, 4) is 11.3 Å². The maximum absolute atomic E-state index is 13.9. The van der Waals surface area contributed by atoms with Crippen molar-refractivity contribution in [1.29, 1.82) is 0 Å². The Labute approximate surface area is 243 Å². The van der Waals surface area contributed by atoms with E-state index in [0.29, 0.717) is 38.7 Å². The van der Waals surface area contributed by atoms with Crippen molar-refractivity contribution in [2.45, 2.75) is 12.7 Å². The summed E-state index contributed by atoms with van der Waals surface area (Å²) in [7, 11) is 1.78. The maximum Gasteiger partial charge on any atom is 0.417 e. The highest BCUT2D eigenvalue weighted by Gasteiger charge is 2.35. The van der Waals surface area contributed by atoms with Gasteiger partial charge in [0, 0.05) is 64.2 Å². The fraction of sp³-hybridized carbons (Fsp3) is 0.0968. The van der Waals surface area contributed by atoms with Crippen molar-refractivity contribution in [3.63, 3.8) is 0 Å². The number of rotatable bonds is 5. The summed E-state index contributed by atoms with van der Waals surface area (Å²) in [5, 5.41) is 6.49. The SMILES string of the molecule is CNc1ccn(C(=O)c2ccc(Nc3ncc4c(n3)-c3ccc(Cl)cc3C(c3ccccc3C(F)(F)F)=NC4)cc2)c1. The molecule has 0 saturated carbocycles. The first-order valence-corrected chi connectivity index (χ1v) is 13.2. The smallest absolute Gasteiger partial charge is 0.387 e. The van der Waals surface area contributed by atoms with Crippen molar-refractivity contribution >= 4 is 40.5 Å². The lowest BCUT2D eigenvalue weighted by atomic mass is 9.92. The van der Waals surface area contributed by atoms with Gasteiger partial charge in [0.1, 0.15) is 0 Å². The Morgan fingerprint density at radius 3 is 2.48 bits per heavy atom. The molecule has 0 radical (unpaired) electrons. The Bertz CT molecular complexity index is 1850. The molecule has 42 heavy (non-hydrogen) atoms. The van der Waals surface area contributed by atoms with Gasteiger partial charge >= 0.3 is 6.18 Å². The maximum atomic E-state index is 13.9. The van der Waals surface area contributed by atoms with Crippen LogP contribution in [0.15, 0.2) is 96.4 Å². The van der Waals surface area contributed by atoms with Crippen LogP contribution in [0.5, 0.6) is 0 Å². The molecular weight excluding hydrogens is 565 g/mol. The van der Waals surface area contributed by atoms with Gasteiger partial charge in [-0.25, -0.2) is 9.97 Å². The van der Waals surface area contributed by atoms with Gasteiger partial charge in [0.2, 0.25) is 5.95 Å². The predicted octanol–water partition coefficient (Wildman–Crippen LogP) is 7.44. The molecule has 0 atom stereocenters. The van der Waals surface area contributed by atoms with Gasteiger partial charge in [0.25, 0.3) is 5.91 Å². The average Bonchev–Trinajstić information content (AvgIpc) is 3.41. The van der Waals surface area contributed by atoms with Gasteiger partial charge in [-0.3, -0.25) is 14.4 Å². The summed E-state index contributed by atoms with van der Waals surface area (Å²) >= 11 is 6.31. The molecule has 0 fully saturated rings. The molecule has 5 aromatic rings. The second-order valence-electron chi connectivity index (χ2n) is 9.53. The van der Waals surface area contributed by atoms with Gasteiger partial charge in [-0.05, 0) is 48.5 Å². The molecule has 1 aliphatic rings. The van der Waals surface area contributed by atoms with Crippen LogP contribution < -0.4 is 10.6 Å². The monoisotopic (exact) mass is 586 g/mol. The van der Waals surface area contributed by atoms with E-state index in [0.717, 1.165) is 11.8 Å². The first-order valence-electron chi connectivity index (χ1n) is 12.9. The van der Waals surface area contributed by atoms with Crippen LogP contribution in [-0.2, 0) is 12.7 Å². The Kier molecular flexibility index (Phi) is 6.99. The molecule has 2 N–H and O–H groups in total. The van der Waals surface area contributed by atoms with E-state index in [-0.39, 0.29) is 29.7 Å². The van der Waals surface area contributed by atoms with Crippen LogP contribution in [0, 0.1) is 0 Å². The minimum Gasteiger partial charge on any atom is -0.387 e. The average molecular weight is 587 g/mol. The van der Waals surface area contributed by atoms with Gasteiger partial charge in [-0.2, -0.15) is 13.2 Å². The Morgan fingerprint density at radius 2 is 1.74 bits per heavy atom. The third-order valence-corrected chi connectivity index (χ3v) is 7.09. The van der Waals surface area contributed by atoms with Crippen molar-refractivity contribution < 1.29 is 18.0 Å². The van der Waals surface area contributed by atoms with E-state index in [9.17, 15) is 18.0 Å². The fourth-order valence-electron chi connectivity index (χ4n) is 4.80. The molecule has 210 valence electrons. The molecule has 3 heterocycles. The van der Waals surface area contributed by atoms with Crippen LogP contribution in [0.25, 0.3) is 11.3 Å². The first-order chi connectivity index (χ1) is 20.2. The Morgan fingerprint density at radius 1 is 0.952 bits per heavy atom. The highest BCUT2D eigenvalue weighted by molar-refractivity contribution is 6.31. The van der Waals surface area contributed by atoms with E-state index >= 15 is 0 Å². The van der Waals surface area contributed by atoms with Crippen molar-refractivity contribution in [2.75, 3.05) is 17.7 Å². The van der Waals surface area contributed by atoms with Gasteiger partial charge in [-0.1, -0.05) is 35.9 Å². The predicted molar refractivity (Wildman–Crippen MR) is 157 cm³/mol. The normalized spacial score (nSPS) is 12.5. The molecule has 6 rings (SSSR count). The van der Waals surface area contributed by atoms with Crippen LogP contribution >= 0.6 is 11.6 Å². The third-order valence-electron chi connectivity index (χ3n) is 6.86. The van der Waals surface area contributed by atoms with Crippen molar-refractivity contribution in [3.05, 3.63) is 124 Å². The molecule has 2 aromatic heterocycles. The molecule has 0 amide bonds. The molecule has 0 unspecified atom stereocenters. The topological polar surface area (TPSA) is 84.2 Å². The number of nitrogens with one attached hydrogen (secondary N) is 2. The van der Waals surface area contributed by atoms with E-state index in [1.165, 1.54) is 16.7 Å². The number of alkyl halides is 3. The zero-order valence-electron chi connectivity index (χ0n) is 22.1. The molecule has 0 bridgehead atoms. The third kappa shape index (κ3) is 5.24. The van der Waals surface area contributed by atoms with E-state index in [4.69, 9.17) is 16.6 Å². The molecule has 0 saturated heterocycles. The number of hydrogen-bond acceptors (Lipinski definition) is 6. The number of benzene rings is 3. The summed E-state index contributed by atoms with van der Waals surface area (Å²) in [6.45, 7) is 0.0783. The van der Waals surface area contributed by atoms with Crippen molar-refractivity contribution in [1.82, 2.24) is 14.5 Å². The van der Waals surface area contributed by atoms with Gasteiger partial charge in [-0.15, -0.1) is 0 Å². The molecule has 0 spiro atoms. The number of carbonyl (C=O) groups excluding carboxylic acids is 1. The van der Waals surface area contributed by atoms with Gasteiger partial charge < -0.3 is 10.6 Å². The van der Waals surface area contributed by atoms with Crippen LogP contribution in [-0.4, -0.2) is 33.2 Å². The minimum absolute atomic E-state index is 0.0376. The van der Waals surface area contributed by atoms with Crippen LogP contribution in [0.4, 0.5) is 30.5 Å². The second kappa shape index (κ2) is 10.8. The summed E-state index contributed by atoms with van der Waals surface area (Å²) < 4.78 is 43.3. The van der Waals surface area contributed by atoms with Crippen LogP contribution in [0.3, 0.4) is 0 Å². The molecule has 7 nitrogen and oxygen atoms in total. The van der Waals surface area contributed by atoms with Gasteiger partial charge in [0.05, 0.1) is 29.2 Å². The largest absolute Gasteiger partial charge is 0.417 e. The summed E-state index contributed by atoms with van der Waals surface area (Å²) in [4.78, 5) is 26.5. The Balaban J connectivity index is 1.32. The standard InChI is InChI=1S/C31H22ClF3N6O/c1-36-22-12-13-41(17-22)29(42)18-6-9-21(10-7-18)39-30-38-16-19-15-37-28(24-4-2-3-5-26(24)31(33,34)35)25-14-20(32)8-11-23(25)27(19)40-30/h2-14,16-17,36H,15H2,1H3,(H,38,39,40). The molecule has 11 heteroatoms. The Hall–Kier alpha value is -4.96. The quantitative estimate of drug-likeness (QED) is 0.224. The number of halogens is 4. The van der Waals surface area contributed by atoms with Crippen LogP contribution in [0.1, 0.15) is 32.6 Å². The number of aromatic nitrogens is 3. The molecular formula is C31H22ClF3N6O. The lowest BCUT2D eigenvalue weighted by Crippen LogP contribution is -2.15. The highest BCUT2D eigenvalue weighted by Crippen LogP contribution is 2.38. The zero-order chi connectivity index (χ0) is 29.4. The summed E-state index contributed by atoms with van der Waals surface area (Å²) in [6.07, 6.45) is 0.436. The number of aliphatic imine (C=N–C) groups is 1. The number of hydrogen-bond donors (Lipinski definition) is 2. The number of fused-ring (bicyclic) bond motifs is 3. The lowest BCUT2D eigenvalue weighted by Gasteiger charge is -2.16. The van der Waals surface area contributed by atoms with Gasteiger partial charge in [0.15, 0.2) is 0 Å². The first kappa shape index (κ1) is 27.2. The van der Waals surface area contributed by atoms with E-state index < -0.39 is 11.7 Å². The summed E-state index contributed by atoms with van der Waals surface area (Å²) in [5.41, 5.74) is 3.54. The van der Waals surface area contributed by atoms with E-state index in [2.05, 4.69) is 20.6 Å². The van der Waals surface area contributed by atoms with Crippen molar-refractivity contribution in [2.24, 2.45) is 4.99 Å². The van der Waals surface area contributed by atoms with E-state index in [1.54, 1.807) is 80.2 Å². The molecule has 0 aliphatic carbocycles. The number of anilines is 3. The number of carbonyl (C=O) groups is 1. The summed E-state index contributed by atoms with van der Waals surface area (Å²) in [6, 6.07) is 19.0. The molecule has 3 aromatic carbocycles.